The van der Waals surface area contributed by atoms with Gasteiger partial charge in [-0.25, -0.2) is 9.59 Å². The molecule has 0 aromatic rings. The fraction of sp³-hybridized carbons (Fsp3) is 0.714. The average Bonchev–Trinajstić information content (AvgIpc) is 3.03. The summed E-state index contributed by atoms with van der Waals surface area (Å²) in [7, 11) is 0. The Hall–Kier alpha value is -1.62. The van der Waals surface area contributed by atoms with E-state index in [-0.39, 0.29) is 18.6 Å². The van der Waals surface area contributed by atoms with Gasteiger partial charge in [-0.05, 0) is 63.2 Å². The molecular weight excluding hydrogens is 332 g/mol. The minimum absolute atomic E-state index is 0.0231. The highest BCUT2D eigenvalue weighted by Crippen LogP contribution is 2.62. The van der Waals surface area contributed by atoms with Crippen molar-refractivity contribution in [2.75, 3.05) is 13.2 Å². The molecule has 4 rings (SSSR count). The zero-order chi connectivity index (χ0) is 18.4. The minimum atomic E-state index is -0.455. The summed E-state index contributed by atoms with van der Waals surface area (Å²) < 4.78 is 16.1. The predicted octanol–water partition coefficient (Wildman–Crippen LogP) is 3.39. The Kier molecular flexibility index (Phi) is 4.68. The molecular formula is C21H28O5. The third-order valence-electron chi connectivity index (χ3n) is 6.80. The molecule has 0 N–H and O–H groups in total. The Morgan fingerprint density at radius 2 is 1.81 bits per heavy atom. The molecule has 6 unspecified atom stereocenters. The van der Waals surface area contributed by atoms with Gasteiger partial charge < -0.3 is 14.2 Å². The number of fused-ring (bicyclic) bond motifs is 5. The van der Waals surface area contributed by atoms with Crippen LogP contribution in [0.3, 0.4) is 0 Å². The molecule has 6 atom stereocenters. The van der Waals surface area contributed by atoms with Crippen LogP contribution in [0.1, 0.15) is 46.0 Å². The van der Waals surface area contributed by atoms with Crippen LogP contribution in [0.5, 0.6) is 0 Å². The summed E-state index contributed by atoms with van der Waals surface area (Å²) in [6, 6.07) is 0. The van der Waals surface area contributed by atoms with Crippen LogP contribution < -0.4 is 0 Å². The van der Waals surface area contributed by atoms with E-state index in [1.54, 1.807) is 13.8 Å². The predicted molar refractivity (Wildman–Crippen MR) is 94.8 cm³/mol. The van der Waals surface area contributed by atoms with Crippen LogP contribution in [0, 0.1) is 29.6 Å². The van der Waals surface area contributed by atoms with Crippen molar-refractivity contribution in [1.82, 2.24) is 0 Å². The summed E-state index contributed by atoms with van der Waals surface area (Å²) in [6.45, 7) is 7.93. The summed E-state index contributed by atoms with van der Waals surface area (Å²) >= 11 is 0. The summed E-state index contributed by atoms with van der Waals surface area (Å²) in [5, 5.41) is 0. The van der Waals surface area contributed by atoms with E-state index < -0.39 is 11.9 Å². The Morgan fingerprint density at radius 3 is 2.50 bits per heavy atom. The van der Waals surface area contributed by atoms with Gasteiger partial charge in [0.2, 0.25) is 0 Å². The van der Waals surface area contributed by atoms with Crippen LogP contribution in [0.25, 0.3) is 0 Å². The van der Waals surface area contributed by atoms with Gasteiger partial charge in [-0.15, -0.1) is 0 Å². The maximum absolute atomic E-state index is 12.5. The summed E-state index contributed by atoms with van der Waals surface area (Å²) in [5.41, 5.74) is 0.768. The lowest BCUT2D eigenvalue weighted by Gasteiger charge is -2.33. The molecule has 5 heteroatoms. The van der Waals surface area contributed by atoms with Crippen molar-refractivity contribution >= 4 is 11.9 Å². The second-order valence-electron chi connectivity index (χ2n) is 8.47. The molecule has 3 aliphatic carbocycles. The first-order chi connectivity index (χ1) is 12.5. The van der Waals surface area contributed by atoms with Gasteiger partial charge in [-0.2, -0.15) is 0 Å². The van der Waals surface area contributed by atoms with Crippen molar-refractivity contribution in [2.45, 2.75) is 52.1 Å². The minimum Gasteiger partial charge on any atom is -0.459 e. The van der Waals surface area contributed by atoms with Gasteiger partial charge in [0.15, 0.2) is 0 Å². The van der Waals surface area contributed by atoms with Crippen LogP contribution >= 0.6 is 0 Å². The van der Waals surface area contributed by atoms with E-state index in [0.717, 1.165) is 18.3 Å². The Morgan fingerprint density at radius 1 is 1.08 bits per heavy atom. The lowest BCUT2D eigenvalue weighted by molar-refractivity contribution is -0.140. The average molecular weight is 360 g/mol. The summed E-state index contributed by atoms with van der Waals surface area (Å²) in [5.74, 6) is 2.60. The molecule has 1 heterocycles. The number of hydrogen-bond acceptors (Lipinski definition) is 5. The zero-order valence-corrected chi connectivity index (χ0v) is 15.7. The van der Waals surface area contributed by atoms with E-state index in [0.29, 0.717) is 35.3 Å². The van der Waals surface area contributed by atoms with Gasteiger partial charge in [-0.1, -0.05) is 13.0 Å². The lowest BCUT2D eigenvalue weighted by Crippen LogP contribution is -2.29. The molecule has 4 fully saturated rings. The monoisotopic (exact) mass is 360 g/mol. The standard InChI is InChI=1S/C21H28O5/c1-11(2)20(22)26-19(12(3)21(23)25-10-14-9-24-14)18-8-13-7-17(18)16-6-4-5-15(13)16/h13-18H,1,4-10H2,2-3H3/b19-12-. The number of carbonyl (C=O) groups excluding carboxylic acids is 2. The molecule has 3 saturated carbocycles. The van der Waals surface area contributed by atoms with Gasteiger partial charge in [0, 0.05) is 11.5 Å². The van der Waals surface area contributed by atoms with Crippen LogP contribution in [0.4, 0.5) is 0 Å². The highest BCUT2D eigenvalue weighted by Gasteiger charge is 2.55. The quantitative estimate of drug-likeness (QED) is 0.314. The first-order valence-electron chi connectivity index (χ1n) is 9.83. The molecule has 1 aliphatic heterocycles. The highest BCUT2D eigenvalue weighted by molar-refractivity contribution is 5.91. The first kappa shape index (κ1) is 17.8. The highest BCUT2D eigenvalue weighted by atomic mass is 16.6. The van der Waals surface area contributed by atoms with E-state index in [1.165, 1.54) is 25.7 Å². The van der Waals surface area contributed by atoms with Crippen LogP contribution in [-0.4, -0.2) is 31.3 Å². The number of esters is 2. The van der Waals surface area contributed by atoms with E-state index in [9.17, 15) is 9.59 Å². The van der Waals surface area contributed by atoms with Gasteiger partial charge in [-0.3, -0.25) is 0 Å². The van der Waals surface area contributed by atoms with E-state index in [1.807, 2.05) is 0 Å². The van der Waals surface area contributed by atoms with Crippen molar-refractivity contribution in [3.05, 3.63) is 23.5 Å². The Bertz CT molecular complexity index is 659. The molecule has 26 heavy (non-hydrogen) atoms. The number of epoxide rings is 1. The molecule has 1 saturated heterocycles. The van der Waals surface area contributed by atoms with Gasteiger partial charge in [0.25, 0.3) is 0 Å². The van der Waals surface area contributed by atoms with Gasteiger partial charge in [0.05, 0.1) is 12.2 Å². The van der Waals surface area contributed by atoms with Crippen LogP contribution in [0.2, 0.25) is 0 Å². The molecule has 0 amide bonds. The number of rotatable bonds is 6. The molecule has 0 radical (unpaired) electrons. The largest absolute Gasteiger partial charge is 0.459 e. The van der Waals surface area contributed by atoms with E-state index in [4.69, 9.17) is 14.2 Å². The van der Waals surface area contributed by atoms with Crippen molar-refractivity contribution in [2.24, 2.45) is 29.6 Å². The number of allylic oxidation sites excluding steroid dienone is 1. The fourth-order valence-electron chi connectivity index (χ4n) is 5.53. The normalized spacial score (nSPS) is 37.8. The zero-order valence-electron chi connectivity index (χ0n) is 15.7. The van der Waals surface area contributed by atoms with E-state index >= 15 is 0 Å². The molecule has 0 aromatic carbocycles. The van der Waals surface area contributed by atoms with Crippen LogP contribution in [0.15, 0.2) is 23.5 Å². The SMILES string of the molecule is C=C(C)C(=O)O/C(=C(/C)C(=O)OCC1CO1)C1CC2CC1C1CCCC21. The van der Waals surface area contributed by atoms with Crippen LogP contribution in [-0.2, 0) is 23.8 Å². The Balaban J connectivity index is 1.56. The molecule has 0 spiro atoms. The third-order valence-corrected chi connectivity index (χ3v) is 6.80. The maximum atomic E-state index is 12.5. The smallest absolute Gasteiger partial charge is 0.338 e. The molecule has 2 bridgehead atoms. The number of carbonyl (C=O) groups is 2. The first-order valence-corrected chi connectivity index (χ1v) is 9.83. The molecule has 0 aromatic heterocycles. The summed E-state index contributed by atoms with van der Waals surface area (Å²) in [4.78, 5) is 24.7. The van der Waals surface area contributed by atoms with Gasteiger partial charge >= 0.3 is 11.9 Å². The van der Waals surface area contributed by atoms with E-state index in [2.05, 4.69) is 6.58 Å². The van der Waals surface area contributed by atoms with Gasteiger partial charge in [0.1, 0.15) is 18.5 Å². The fourth-order valence-corrected chi connectivity index (χ4v) is 5.53. The second-order valence-corrected chi connectivity index (χ2v) is 8.47. The van der Waals surface area contributed by atoms with Crippen molar-refractivity contribution in [1.29, 1.82) is 0 Å². The molecule has 4 aliphatic rings. The third kappa shape index (κ3) is 3.22. The van der Waals surface area contributed by atoms with Crippen molar-refractivity contribution in [3.63, 3.8) is 0 Å². The molecule has 5 nitrogen and oxygen atoms in total. The summed E-state index contributed by atoms with van der Waals surface area (Å²) in [6.07, 6.45) is 6.16. The van der Waals surface area contributed by atoms with Crippen molar-refractivity contribution in [3.8, 4) is 0 Å². The lowest BCUT2D eigenvalue weighted by atomic mass is 9.74. The number of ether oxygens (including phenoxy) is 3. The Labute approximate surface area is 154 Å². The topological polar surface area (TPSA) is 65.1 Å². The number of hydrogen-bond donors (Lipinski definition) is 0. The second kappa shape index (κ2) is 6.84. The van der Waals surface area contributed by atoms with Crippen molar-refractivity contribution < 1.29 is 23.8 Å². The maximum Gasteiger partial charge on any atom is 0.338 e. The molecule has 142 valence electrons.